The number of amides is 2. The van der Waals surface area contributed by atoms with Crippen LogP contribution in [0.4, 0.5) is 14.9 Å². The zero-order valence-electron chi connectivity index (χ0n) is 14.7. The Morgan fingerprint density at radius 1 is 1.07 bits per heavy atom. The average molecular weight is 407 g/mol. The van der Waals surface area contributed by atoms with Crippen LogP contribution in [0, 0.1) is 5.82 Å². The average Bonchev–Trinajstić information content (AvgIpc) is 3.26. The van der Waals surface area contributed by atoms with Crippen molar-refractivity contribution in [2.45, 2.75) is 44.3 Å². The van der Waals surface area contributed by atoms with Gasteiger partial charge in [0.1, 0.15) is 16.8 Å². The van der Waals surface area contributed by atoms with E-state index in [2.05, 4.69) is 16.1 Å². The first-order chi connectivity index (χ1) is 13.0. The topological polar surface area (TPSA) is 58.2 Å². The number of carbonyl (C=O) groups is 1. The number of hydrogen-bond donors (Lipinski definition) is 2. The van der Waals surface area contributed by atoms with Gasteiger partial charge in [-0.15, -0.1) is 0 Å². The van der Waals surface area contributed by atoms with Crippen LogP contribution in [0.2, 0.25) is 5.02 Å². The molecule has 0 aromatic heterocycles. The van der Waals surface area contributed by atoms with Crippen molar-refractivity contribution in [3.8, 4) is 0 Å². The summed E-state index contributed by atoms with van der Waals surface area (Å²) in [5.74, 6) is -0.640. The van der Waals surface area contributed by atoms with Crippen LogP contribution >= 0.6 is 11.6 Å². The van der Waals surface area contributed by atoms with Gasteiger partial charge in [0.25, 0.3) is 0 Å². The van der Waals surface area contributed by atoms with E-state index < -0.39 is 22.8 Å². The maximum Gasteiger partial charge on any atom is 0.331 e. The fourth-order valence-electron chi connectivity index (χ4n) is 4.03. The molecule has 2 N–H and O–H groups in total. The van der Waals surface area contributed by atoms with E-state index in [0.29, 0.717) is 0 Å². The molecule has 4 rings (SSSR count). The van der Waals surface area contributed by atoms with Crippen LogP contribution in [0.15, 0.2) is 24.3 Å². The zero-order valence-corrected chi connectivity index (χ0v) is 16.3. The molecule has 4 nitrogen and oxygen atoms in total. The highest BCUT2D eigenvalue weighted by Crippen LogP contribution is 2.38. The molecule has 0 aliphatic heterocycles. The number of urea groups is 1. The number of rotatable bonds is 4. The Balaban J connectivity index is 1.47. The van der Waals surface area contributed by atoms with Gasteiger partial charge in [-0.1, -0.05) is 23.7 Å². The molecule has 142 valence electrons. The highest BCUT2D eigenvalue weighted by molar-refractivity contribution is 7.82. The molecule has 0 fully saturated rings. The summed E-state index contributed by atoms with van der Waals surface area (Å²) < 4.78 is 28.5. The second kappa shape index (κ2) is 7.60. The van der Waals surface area contributed by atoms with Crippen molar-refractivity contribution in [3.05, 3.63) is 62.9 Å². The van der Waals surface area contributed by atoms with Crippen molar-refractivity contribution in [2.24, 2.45) is 0 Å². The first-order valence-corrected chi connectivity index (χ1v) is 10.8. The van der Waals surface area contributed by atoms with E-state index in [9.17, 15) is 13.4 Å². The molecule has 0 saturated carbocycles. The summed E-state index contributed by atoms with van der Waals surface area (Å²) in [5, 5.41) is 3.20. The normalized spacial score (nSPS) is 15.9. The third-order valence-electron chi connectivity index (χ3n) is 5.22. The Labute approximate surface area is 165 Å². The number of benzene rings is 2. The molecule has 2 aliphatic carbocycles. The van der Waals surface area contributed by atoms with Gasteiger partial charge >= 0.3 is 6.03 Å². The van der Waals surface area contributed by atoms with Gasteiger partial charge in [0.15, 0.2) is 0 Å². The van der Waals surface area contributed by atoms with Gasteiger partial charge in [0.2, 0.25) is 0 Å². The minimum atomic E-state index is -1.73. The monoisotopic (exact) mass is 406 g/mol. The molecular formula is C20H20ClFN2O2S. The van der Waals surface area contributed by atoms with Crippen LogP contribution in [0.5, 0.6) is 0 Å². The van der Waals surface area contributed by atoms with Crippen LogP contribution in [0.1, 0.15) is 40.7 Å². The maximum absolute atomic E-state index is 13.8. The summed E-state index contributed by atoms with van der Waals surface area (Å²) in [4.78, 5) is 12.4. The van der Waals surface area contributed by atoms with Gasteiger partial charge in [-0.3, -0.25) is 4.72 Å². The van der Waals surface area contributed by atoms with E-state index in [-0.39, 0.29) is 16.3 Å². The van der Waals surface area contributed by atoms with Crippen molar-refractivity contribution in [1.29, 1.82) is 0 Å². The number of fused-ring (bicyclic) bond motifs is 2. The van der Waals surface area contributed by atoms with Crippen LogP contribution in [0.3, 0.4) is 0 Å². The van der Waals surface area contributed by atoms with Gasteiger partial charge in [-0.05, 0) is 72.9 Å². The van der Waals surface area contributed by atoms with Crippen LogP contribution in [-0.4, -0.2) is 10.2 Å². The number of aryl methyl sites for hydroxylation is 2. The summed E-state index contributed by atoms with van der Waals surface area (Å²) in [6.07, 6.45) is 6.18. The largest absolute Gasteiger partial charge is 0.331 e. The highest BCUT2D eigenvalue weighted by Gasteiger charge is 2.25. The molecule has 2 aromatic rings. The lowest BCUT2D eigenvalue weighted by atomic mass is 9.99. The summed E-state index contributed by atoms with van der Waals surface area (Å²) in [6.45, 7) is 0. The SMILES string of the molecule is O=C(Nc1c2c(cc3c1CCC3)CCC2)NS(=O)Cc1ccc(Cl)cc1F. The van der Waals surface area contributed by atoms with Crippen LogP contribution in [0.25, 0.3) is 0 Å². The Morgan fingerprint density at radius 3 is 2.37 bits per heavy atom. The first-order valence-electron chi connectivity index (χ1n) is 9.07. The lowest BCUT2D eigenvalue weighted by Gasteiger charge is -2.16. The molecule has 0 bridgehead atoms. The smallest absolute Gasteiger partial charge is 0.307 e. The van der Waals surface area contributed by atoms with Crippen molar-refractivity contribution in [3.63, 3.8) is 0 Å². The standard InChI is InChI=1S/C20H20ClFN2O2S/c21-15-8-7-14(18(22)10-15)11-27(26)24-20(25)23-19-16-5-1-3-12(16)9-13-4-2-6-17(13)19/h7-10H,1-6,11H2,(H2,23,24,25). The predicted molar refractivity (Wildman–Crippen MR) is 106 cm³/mol. The fourth-order valence-corrected chi connectivity index (χ4v) is 5.03. The lowest BCUT2D eigenvalue weighted by Crippen LogP contribution is -2.32. The molecule has 1 unspecified atom stereocenters. The number of anilines is 1. The van der Waals surface area contributed by atoms with E-state index in [1.807, 2.05) is 0 Å². The molecule has 0 saturated heterocycles. The number of nitrogens with one attached hydrogen (secondary N) is 2. The Hall–Kier alpha value is -1.92. The summed E-state index contributed by atoms with van der Waals surface area (Å²) in [5.41, 5.74) is 6.19. The van der Waals surface area contributed by atoms with E-state index in [0.717, 1.165) is 44.2 Å². The minimum absolute atomic E-state index is 0.110. The van der Waals surface area contributed by atoms with E-state index >= 15 is 0 Å². The first kappa shape index (κ1) is 18.4. The maximum atomic E-state index is 13.8. The van der Waals surface area contributed by atoms with Gasteiger partial charge in [-0.25, -0.2) is 13.4 Å². The predicted octanol–water partition coefficient (Wildman–Crippen LogP) is 4.44. The van der Waals surface area contributed by atoms with Crippen molar-refractivity contribution in [2.75, 3.05) is 5.32 Å². The molecule has 2 aliphatic rings. The van der Waals surface area contributed by atoms with Crippen molar-refractivity contribution < 1.29 is 13.4 Å². The second-order valence-corrected chi connectivity index (χ2v) is 8.64. The number of carbonyl (C=O) groups excluding carboxylic acids is 1. The highest BCUT2D eigenvalue weighted by atomic mass is 35.5. The van der Waals surface area contributed by atoms with Crippen LogP contribution < -0.4 is 10.0 Å². The van der Waals surface area contributed by atoms with Crippen LogP contribution in [-0.2, 0) is 42.4 Å². The summed E-state index contributed by atoms with van der Waals surface area (Å²) in [7, 11) is -1.73. The summed E-state index contributed by atoms with van der Waals surface area (Å²) in [6, 6.07) is 5.96. The number of hydrogen-bond acceptors (Lipinski definition) is 2. The van der Waals surface area contributed by atoms with Crippen molar-refractivity contribution in [1.82, 2.24) is 4.72 Å². The lowest BCUT2D eigenvalue weighted by molar-refractivity contribution is 0.257. The Morgan fingerprint density at radius 2 is 1.74 bits per heavy atom. The third-order valence-corrected chi connectivity index (χ3v) is 6.44. The fraction of sp³-hybridized carbons (Fsp3) is 0.350. The quantitative estimate of drug-likeness (QED) is 0.788. The number of halogens is 2. The van der Waals surface area contributed by atoms with Crippen molar-refractivity contribution >= 4 is 34.3 Å². The zero-order chi connectivity index (χ0) is 19.0. The summed E-state index contributed by atoms with van der Waals surface area (Å²) >= 11 is 5.73. The third kappa shape index (κ3) is 3.87. The van der Waals surface area contributed by atoms with E-state index in [1.54, 1.807) is 0 Å². The molecule has 2 aromatic carbocycles. The molecule has 0 radical (unpaired) electrons. The molecule has 1 atom stereocenters. The van der Waals surface area contributed by atoms with E-state index in [1.165, 1.54) is 40.5 Å². The minimum Gasteiger partial charge on any atom is -0.307 e. The molecule has 2 amide bonds. The second-order valence-electron chi connectivity index (χ2n) is 7.02. The Kier molecular flexibility index (Phi) is 5.19. The van der Waals surface area contributed by atoms with Gasteiger partial charge < -0.3 is 5.32 Å². The van der Waals surface area contributed by atoms with Gasteiger partial charge in [0.05, 0.1) is 5.75 Å². The molecular weight excluding hydrogens is 387 g/mol. The molecule has 0 heterocycles. The molecule has 0 spiro atoms. The molecule has 7 heteroatoms. The Bertz CT molecular complexity index is 916. The van der Waals surface area contributed by atoms with E-state index in [4.69, 9.17) is 11.6 Å². The van der Waals surface area contributed by atoms with Gasteiger partial charge in [-0.2, -0.15) is 0 Å². The molecule has 27 heavy (non-hydrogen) atoms. The van der Waals surface area contributed by atoms with Gasteiger partial charge in [0, 0.05) is 16.3 Å².